The number of nitrogens with one attached hydrogen (secondary N) is 2. The number of benzene rings is 1. The fourth-order valence-corrected chi connectivity index (χ4v) is 2.85. The molecule has 1 fully saturated rings. The lowest BCUT2D eigenvalue weighted by atomic mass is 10.2. The summed E-state index contributed by atoms with van der Waals surface area (Å²) in [6.45, 7) is 0.698. The van der Waals surface area contributed by atoms with Gasteiger partial charge in [-0.05, 0) is 37.3 Å². The Bertz CT molecular complexity index is 633. The van der Waals surface area contributed by atoms with Crippen LogP contribution in [0.4, 0.5) is 5.69 Å². The summed E-state index contributed by atoms with van der Waals surface area (Å²) in [6.07, 6.45) is 4.43. The summed E-state index contributed by atoms with van der Waals surface area (Å²) >= 11 is 1.82. The van der Waals surface area contributed by atoms with Crippen LogP contribution in [0.15, 0.2) is 18.2 Å². The summed E-state index contributed by atoms with van der Waals surface area (Å²) in [4.78, 5) is 12.2. The second-order valence-electron chi connectivity index (χ2n) is 4.95. The molecule has 0 bridgehead atoms. The Morgan fingerprint density at radius 3 is 3.05 bits per heavy atom. The van der Waals surface area contributed by atoms with E-state index < -0.39 is 0 Å². The van der Waals surface area contributed by atoms with E-state index in [0.29, 0.717) is 17.9 Å². The number of hydrogen-bond donors (Lipinski definition) is 3. The summed E-state index contributed by atoms with van der Waals surface area (Å²) in [6, 6.07) is 5.39. The van der Waals surface area contributed by atoms with Crippen molar-refractivity contribution in [2.45, 2.75) is 17.6 Å². The lowest BCUT2D eigenvalue weighted by Gasteiger charge is -2.12. The molecule has 0 radical (unpaired) electrons. The zero-order valence-corrected chi connectivity index (χ0v) is 11.5. The highest BCUT2D eigenvalue weighted by Gasteiger charge is 2.42. The Hall–Kier alpha value is -1.69. The molecule has 0 unspecified atom stereocenters. The molecule has 1 aliphatic rings. The minimum atomic E-state index is -0.142. The average Bonchev–Trinajstić information content (AvgIpc) is 3.08. The Morgan fingerprint density at radius 1 is 1.58 bits per heavy atom. The monoisotopic (exact) mass is 276 g/mol. The molecule has 1 aliphatic carbocycles. The molecule has 0 spiro atoms. The highest BCUT2D eigenvalue weighted by molar-refractivity contribution is 8.00. The fourth-order valence-electron chi connectivity index (χ4n) is 2.12. The standard InChI is InChI=1S/C13H16N4OS/c1-19-13(4-5-13)7-15-12(18)11-9-6-8(14)2-3-10(9)16-17-11/h2-3,6H,4-5,7,14H2,1H3,(H,15,18)(H,16,17). The van der Waals surface area contributed by atoms with Crippen molar-refractivity contribution in [1.82, 2.24) is 15.5 Å². The minimum absolute atomic E-state index is 0.142. The molecule has 4 N–H and O–H groups in total. The number of H-pyrrole nitrogens is 1. The molecule has 1 aromatic carbocycles. The maximum absolute atomic E-state index is 12.2. The van der Waals surface area contributed by atoms with Gasteiger partial charge in [0, 0.05) is 22.4 Å². The predicted molar refractivity (Wildman–Crippen MR) is 78.3 cm³/mol. The van der Waals surface area contributed by atoms with Crippen LogP contribution in [0.5, 0.6) is 0 Å². The van der Waals surface area contributed by atoms with Gasteiger partial charge in [-0.2, -0.15) is 16.9 Å². The SMILES string of the molecule is CSC1(CNC(=O)c2n[nH]c3ccc(N)cc23)CC1. The second kappa shape index (κ2) is 4.45. The van der Waals surface area contributed by atoms with Gasteiger partial charge in [0.25, 0.3) is 5.91 Å². The van der Waals surface area contributed by atoms with Gasteiger partial charge in [-0.15, -0.1) is 0 Å². The van der Waals surface area contributed by atoms with Crippen molar-refractivity contribution >= 4 is 34.3 Å². The van der Waals surface area contributed by atoms with Crippen LogP contribution < -0.4 is 11.1 Å². The largest absolute Gasteiger partial charge is 0.399 e. The first-order valence-electron chi connectivity index (χ1n) is 6.20. The first-order chi connectivity index (χ1) is 9.13. The van der Waals surface area contributed by atoms with Crippen molar-refractivity contribution in [3.05, 3.63) is 23.9 Å². The number of aromatic amines is 1. The predicted octanol–water partition coefficient (Wildman–Crippen LogP) is 1.77. The fraction of sp³-hybridized carbons (Fsp3) is 0.385. The van der Waals surface area contributed by atoms with Crippen LogP contribution in [0.25, 0.3) is 10.9 Å². The number of hydrogen-bond acceptors (Lipinski definition) is 4. The van der Waals surface area contributed by atoms with Gasteiger partial charge in [0.15, 0.2) is 5.69 Å². The summed E-state index contributed by atoms with van der Waals surface area (Å²) in [5.41, 5.74) is 7.62. The van der Waals surface area contributed by atoms with E-state index >= 15 is 0 Å². The molecule has 1 aromatic heterocycles. The van der Waals surface area contributed by atoms with Gasteiger partial charge in [0.05, 0.1) is 5.52 Å². The number of nitrogens with two attached hydrogens (primary N) is 1. The maximum Gasteiger partial charge on any atom is 0.272 e. The topological polar surface area (TPSA) is 83.8 Å². The summed E-state index contributed by atoms with van der Waals surface area (Å²) in [7, 11) is 0. The molecular formula is C13H16N4OS. The summed E-state index contributed by atoms with van der Waals surface area (Å²) in [5.74, 6) is -0.142. The van der Waals surface area contributed by atoms with Crippen LogP contribution in [0, 0.1) is 0 Å². The molecule has 1 heterocycles. The van der Waals surface area contributed by atoms with Gasteiger partial charge in [0.2, 0.25) is 0 Å². The average molecular weight is 276 g/mol. The molecule has 0 aliphatic heterocycles. The van der Waals surface area contributed by atoms with Crippen LogP contribution in [-0.2, 0) is 0 Å². The number of amides is 1. The number of aromatic nitrogens is 2. The Labute approximate surface area is 115 Å². The van der Waals surface area contributed by atoms with Gasteiger partial charge < -0.3 is 11.1 Å². The molecule has 1 amide bonds. The van der Waals surface area contributed by atoms with E-state index in [1.165, 1.54) is 12.8 Å². The molecule has 100 valence electrons. The van der Waals surface area contributed by atoms with Gasteiger partial charge in [-0.3, -0.25) is 9.89 Å². The first kappa shape index (κ1) is 12.3. The van der Waals surface area contributed by atoms with Crippen LogP contribution in [-0.4, -0.2) is 33.7 Å². The lowest BCUT2D eigenvalue weighted by molar-refractivity contribution is 0.0949. The summed E-state index contributed by atoms with van der Waals surface area (Å²) in [5, 5.41) is 10.7. The van der Waals surface area contributed by atoms with Crippen molar-refractivity contribution in [3.8, 4) is 0 Å². The highest BCUT2D eigenvalue weighted by Crippen LogP contribution is 2.46. The number of rotatable bonds is 4. The van der Waals surface area contributed by atoms with E-state index in [1.807, 2.05) is 17.8 Å². The van der Waals surface area contributed by atoms with Crippen LogP contribution >= 0.6 is 11.8 Å². The molecular weight excluding hydrogens is 260 g/mol. The van der Waals surface area contributed by atoms with E-state index in [-0.39, 0.29) is 10.7 Å². The van der Waals surface area contributed by atoms with E-state index in [0.717, 1.165) is 10.9 Å². The number of carbonyl (C=O) groups is 1. The second-order valence-corrected chi connectivity index (χ2v) is 6.22. The van der Waals surface area contributed by atoms with E-state index in [1.54, 1.807) is 12.1 Å². The van der Waals surface area contributed by atoms with Crippen molar-refractivity contribution in [2.75, 3.05) is 18.5 Å². The molecule has 0 atom stereocenters. The molecule has 1 saturated carbocycles. The number of fused-ring (bicyclic) bond motifs is 1. The molecule has 2 aromatic rings. The Balaban J connectivity index is 1.79. The number of carbonyl (C=O) groups excluding carboxylic acids is 1. The third kappa shape index (κ3) is 2.28. The molecule has 19 heavy (non-hydrogen) atoms. The quantitative estimate of drug-likeness (QED) is 0.743. The van der Waals surface area contributed by atoms with Gasteiger partial charge in [0.1, 0.15) is 0 Å². The normalized spacial score (nSPS) is 16.5. The van der Waals surface area contributed by atoms with Crippen LogP contribution in [0.3, 0.4) is 0 Å². The molecule has 0 saturated heterocycles. The Morgan fingerprint density at radius 2 is 2.37 bits per heavy atom. The van der Waals surface area contributed by atoms with E-state index in [2.05, 4.69) is 21.8 Å². The van der Waals surface area contributed by atoms with Crippen molar-refractivity contribution in [3.63, 3.8) is 0 Å². The number of nitrogens with zero attached hydrogens (tertiary/aromatic N) is 1. The van der Waals surface area contributed by atoms with Crippen LogP contribution in [0.2, 0.25) is 0 Å². The van der Waals surface area contributed by atoms with Crippen molar-refractivity contribution in [2.24, 2.45) is 0 Å². The number of thioether (sulfide) groups is 1. The summed E-state index contributed by atoms with van der Waals surface area (Å²) < 4.78 is 0.251. The zero-order chi connectivity index (χ0) is 13.5. The minimum Gasteiger partial charge on any atom is -0.399 e. The third-order valence-electron chi connectivity index (χ3n) is 3.61. The maximum atomic E-state index is 12.2. The van der Waals surface area contributed by atoms with Crippen molar-refractivity contribution in [1.29, 1.82) is 0 Å². The first-order valence-corrected chi connectivity index (χ1v) is 7.43. The van der Waals surface area contributed by atoms with Crippen molar-refractivity contribution < 1.29 is 4.79 Å². The Kier molecular flexibility index (Phi) is 2.89. The number of nitrogen functional groups attached to an aromatic ring is 1. The smallest absolute Gasteiger partial charge is 0.272 e. The molecule has 5 nitrogen and oxygen atoms in total. The third-order valence-corrected chi connectivity index (χ3v) is 5.03. The lowest BCUT2D eigenvalue weighted by Crippen LogP contribution is -2.32. The number of anilines is 1. The highest BCUT2D eigenvalue weighted by atomic mass is 32.2. The van der Waals surface area contributed by atoms with Gasteiger partial charge >= 0.3 is 0 Å². The van der Waals surface area contributed by atoms with Gasteiger partial charge in [-0.1, -0.05) is 0 Å². The van der Waals surface area contributed by atoms with Gasteiger partial charge in [-0.25, -0.2) is 0 Å². The van der Waals surface area contributed by atoms with E-state index in [9.17, 15) is 4.79 Å². The molecule has 6 heteroatoms. The van der Waals surface area contributed by atoms with Crippen LogP contribution in [0.1, 0.15) is 23.3 Å². The zero-order valence-electron chi connectivity index (χ0n) is 10.7. The van der Waals surface area contributed by atoms with E-state index in [4.69, 9.17) is 5.73 Å². The molecule has 3 rings (SSSR count).